The maximum atomic E-state index is 10.6. The number of hydrogen-bond acceptors (Lipinski definition) is 3. The summed E-state index contributed by atoms with van der Waals surface area (Å²) >= 11 is 2.14. The quantitative estimate of drug-likeness (QED) is 0.372. The molecule has 0 saturated carbocycles. The van der Waals surface area contributed by atoms with E-state index in [2.05, 4.69) is 35.7 Å². The molecule has 0 amide bonds. The van der Waals surface area contributed by atoms with E-state index in [1.165, 1.54) is 6.92 Å². The molecular weight excluding hydrogens is 311 g/mol. The van der Waals surface area contributed by atoms with Gasteiger partial charge in [0.15, 0.2) is 0 Å². The van der Waals surface area contributed by atoms with E-state index >= 15 is 0 Å². The Bertz CT molecular complexity index is 246. The monoisotopic (exact) mass is 326 g/mol. The van der Waals surface area contributed by atoms with Gasteiger partial charge in [0.25, 0.3) is 0 Å². The van der Waals surface area contributed by atoms with Gasteiger partial charge in [0, 0.05) is 15.6 Å². The summed E-state index contributed by atoms with van der Waals surface area (Å²) in [5.41, 5.74) is 0.634. The molecule has 0 aromatic rings. The number of carboxylic acids is 1. The van der Waals surface area contributed by atoms with Crippen molar-refractivity contribution in [2.24, 2.45) is 0 Å². The van der Waals surface area contributed by atoms with Crippen molar-refractivity contribution in [3.05, 3.63) is 24.3 Å². The molecule has 0 aromatic carbocycles. The lowest BCUT2D eigenvalue weighted by Crippen LogP contribution is -2.06. The van der Waals surface area contributed by atoms with E-state index in [0.717, 1.165) is 4.43 Å². The maximum Gasteiger partial charge on any atom is 0.333 e. The molecule has 0 spiro atoms. The van der Waals surface area contributed by atoms with Crippen LogP contribution in [0.25, 0.3) is 0 Å². The standard InChI is InChI=1S/C6H9IO2.C4H6O2/c1-5(2)6(8)9-4-3-7;1-3(2)4(5)6/h1,3-4H2,2H3;1H2,2H3,(H,5,6). The molecule has 0 heterocycles. The molecule has 0 aromatic heterocycles. The zero-order chi connectivity index (χ0) is 12.4. The Hall–Kier alpha value is -0.850. The summed E-state index contributed by atoms with van der Waals surface area (Å²) in [6.07, 6.45) is 0. The maximum absolute atomic E-state index is 10.6. The highest BCUT2D eigenvalue weighted by atomic mass is 127. The van der Waals surface area contributed by atoms with Gasteiger partial charge in [0.05, 0.1) is 0 Å². The molecular formula is C10H15IO4. The van der Waals surface area contributed by atoms with E-state index < -0.39 is 5.97 Å². The van der Waals surface area contributed by atoms with Crippen LogP contribution in [0.1, 0.15) is 13.8 Å². The second-order valence-corrected chi connectivity index (χ2v) is 3.77. The fourth-order valence-electron chi connectivity index (χ4n) is 0.254. The summed E-state index contributed by atoms with van der Waals surface area (Å²) in [5.74, 6) is -1.23. The Kier molecular flexibility index (Phi) is 10.7. The summed E-state index contributed by atoms with van der Waals surface area (Å²) in [6.45, 7) is 10.1. The minimum atomic E-state index is -0.935. The molecule has 0 radical (unpaired) electrons. The molecule has 0 atom stereocenters. The van der Waals surface area contributed by atoms with Crippen LogP contribution in [0.2, 0.25) is 0 Å². The second-order valence-electron chi connectivity index (χ2n) is 2.69. The number of carboxylic acid groups (broad SMARTS) is 1. The summed E-state index contributed by atoms with van der Waals surface area (Å²) in [6, 6.07) is 0. The average molecular weight is 326 g/mol. The van der Waals surface area contributed by atoms with Crippen molar-refractivity contribution in [3.63, 3.8) is 0 Å². The normalized spacial score (nSPS) is 8.20. The fourth-order valence-corrected chi connectivity index (χ4v) is 0.475. The number of ether oxygens (including phenoxy) is 1. The third kappa shape index (κ3) is 13.2. The number of aliphatic carboxylic acids is 1. The Morgan fingerprint density at radius 3 is 1.87 bits per heavy atom. The molecule has 0 fully saturated rings. The van der Waals surface area contributed by atoms with Gasteiger partial charge in [-0.15, -0.1) is 0 Å². The van der Waals surface area contributed by atoms with Crippen molar-refractivity contribution < 1.29 is 19.4 Å². The Morgan fingerprint density at radius 2 is 1.67 bits per heavy atom. The van der Waals surface area contributed by atoms with Gasteiger partial charge in [-0.25, -0.2) is 9.59 Å². The van der Waals surface area contributed by atoms with Gasteiger partial charge in [0.1, 0.15) is 6.61 Å². The Balaban J connectivity index is 0. The molecule has 0 aliphatic rings. The first kappa shape index (κ1) is 16.6. The van der Waals surface area contributed by atoms with Crippen LogP contribution in [0.5, 0.6) is 0 Å². The van der Waals surface area contributed by atoms with E-state index in [-0.39, 0.29) is 11.5 Å². The van der Waals surface area contributed by atoms with Crippen molar-refractivity contribution in [3.8, 4) is 0 Å². The van der Waals surface area contributed by atoms with Crippen molar-refractivity contribution in [1.29, 1.82) is 0 Å². The summed E-state index contributed by atoms with van der Waals surface area (Å²) in [5, 5.41) is 7.89. The highest BCUT2D eigenvalue weighted by Crippen LogP contribution is 1.92. The molecule has 4 nitrogen and oxygen atoms in total. The first-order valence-electron chi connectivity index (χ1n) is 4.10. The molecule has 86 valence electrons. The second kappa shape index (κ2) is 9.70. The Morgan fingerprint density at radius 1 is 1.27 bits per heavy atom. The lowest BCUT2D eigenvalue weighted by Gasteiger charge is -1.98. The van der Waals surface area contributed by atoms with Gasteiger partial charge < -0.3 is 9.84 Å². The van der Waals surface area contributed by atoms with E-state index in [1.54, 1.807) is 6.92 Å². The summed E-state index contributed by atoms with van der Waals surface area (Å²) in [7, 11) is 0. The van der Waals surface area contributed by atoms with E-state index in [0.29, 0.717) is 12.2 Å². The Labute approximate surface area is 103 Å². The average Bonchev–Trinajstić information content (AvgIpc) is 2.14. The molecule has 5 heteroatoms. The number of carbonyl (C=O) groups is 2. The number of halogens is 1. The predicted octanol–water partition coefficient (Wildman–Crippen LogP) is 2.19. The third-order valence-electron chi connectivity index (χ3n) is 1.02. The van der Waals surface area contributed by atoms with Crippen LogP contribution >= 0.6 is 22.6 Å². The minimum Gasteiger partial charge on any atom is -0.478 e. The molecule has 0 bridgehead atoms. The van der Waals surface area contributed by atoms with E-state index in [4.69, 9.17) is 9.84 Å². The first-order valence-corrected chi connectivity index (χ1v) is 5.62. The van der Waals surface area contributed by atoms with Gasteiger partial charge in [-0.05, 0) is 13.8 Å². The molecule has 0 aliphatic heterocycles. The van der Waals surface area contributed by atoms with Gasteiger partial charge in [0.2, 0.25) is 0 Å². The van der Waals surface area contributed by atoms with E-state index in [1.807, 2.05) is 0 Å². The zero-order valence-corrected chi connectivity index (χ0v) is 11.0. The van der Waals surface area contributed by atoms with Crippen LogP contribution in [-0.4, -0.2) is 28.1 Å². The number of esters is 1. The molecule has 0 saturated heterocycles. The van der Waals surface area contributed by atoms with Crippen molar-refractivity contribution in [2.45, 2.75) is 13.8 Å². The third-order valence-corrected chi connectivity index (χ3v) is 1.46. The lowest BCUT2D eigenvalue weighted by molar-refractivity contribution is -0.138. The van der Waals surface area contributed by atoms with Crippen LogP contribution in [0.15, 0.2) is 24.3 Å². The predicted molar refractivity (Wildman–Crippen MR) is 67.1 cm³/mol. The van der Waals surface area contributed by atoms with Gasteiger partial charge in [-0.1, -0.05) is 35.7 Å². The van der Waals surface area contributed by atoms with E-state index in [9.17, 15) is 9.59 Å². The molecule has 0 aliphatic carbocycles. The SMILES string of the molecule is C=C(C)C(=O)O.C=C(C)C(=O)OCCI. The number of hydrogen-bond donors (Lipinski definition) is 1. The molecule has 0 unspecified atom stereocenters. The van der Waals surface area contributed by atoms with Gasteiger partial charge in [-0.3, -0.25) is 0 Å². The van der Waals surface area contributed by atoms with Gasteiger partial charge >= 0.3 is 11.9 Å². The summed E-state index contributed by atoms with van der Waals surface area (Å²) in [4.78, 5) is 20.2. The van der Waals surface area contributed by atoms with Crippen molar-refractivity contribution in [2.75, 3.05) is 11.0 Å². The number of rotatable bonds is 4. The van der Waals surface area contributed by atoms with Crippen molar-refractivity contribution in [1.82, 2.24) is 0 Å². The highest BCUT2D eigenvalue weighted by molar-refractivity contribution is 14.1. The van der Waals surface area contributed by atoms with Crippen LogP contribution in [0.3, 0.4) is 0 Å². The molecule has 15 heavy (non-hydrogen) atoms. The van der Waals surface area contributed by atoms with Crippen LogP contribution in [0.4, 0.5) is 0 Å². The highest BCUT2D eigenvalue weighted by Gasteiger charge is 1.99. The van der Waals surface area contributed by atoms with Gasteiger partial charge in [-0.2, -0.15) is 0 Å². The first-order chi connectivity index (χ1) is 6.82. The number of alkyl halides is 1. The number of carbonyl (C=O) groups excluding carboxylic acids is 1. The molecule has 0 rings (SSSR count). The minimum absolute atomic E-state index is 0.176. The topological polar surface area (TPSA) is 63.6 Å². The van der Waals surface area contributed by atoms with Crippen LogP contribution in [-0.2, 0) is 14.3 Å². The fraction of sp³-hybridized carbons (Fsp3) is 0.400. The molecule has 1 N–H and O–H groups in total. The largest absolute Gasteiger partial charge is 0.478 e. The van der Waals surface area contributed by atoms with Crippen molar-refractivity contribution >= 4 is 34.5 Å². The lowest BCUT2D eigenvalue weighted by atomic mass is 10.4. The smallest absolute Gasteiger partial charge is 0.333 e. The van der Waals surface area contributed by atoms with Crippen LogP contribution < -0.4 is 0 Å². The van der Waals surface area contributed by atoms with Crippen LogP contribution in [0, 0.1) is 0 Å². The summed E-state index contributed by atoms with van der Waals surface area (Å²) < 4.78 is 5.54. The zero-order valence-electron chi connectivity index (χ0n) is 8.88.